The molecule has 0 atom stereocenters. The molecule has 118 valence electrons. The number of aryl methyl sites for hydroxylation is 1. The molecular formula is C15H26N4O2. The van der Waals surface area contributed by atoms with Crippen LogP contribution in [0.4, 0.5) is 10.6 Å². The van der Waals surface area contributed by atoms with Crippen LogP contribution in [0.15, 0.2) is 12.3 Å². The van der Waals surface area contributed by atoms with Crippen LogP contribution >= 0.6 is 0 Å². The van der Waals surface area contributed by atoms with Gasteiger partial charge in [0, 0.05) is 46.1 Å². The van der Waals surface area contributed by atoms with Gasteiger partial charge in [-0.1, -0.05) is 12.8 Å². The van der Waals surface area contributed by atoms with E-state index in [1.165, 1.54) is 25.7 Å². The van der Waals surface area contributed by atoms with Crippen LogP contribution in [0.5, 0.6) is 0 Å². The van der Waals surface area contributed by atoms with Crippen molar-refractivity contribution in [3.05, 3.63) is 12.3 Å². The molecule has 0 spiro atoms. The summed E-state index contributed by atoms with van der Waals surface area (Å²) in [6.45, 7) is 2.34. The van der Waals surface area contributed by atoms with Crippen molar-refractivity contribution in [3.63, 3.8) is 0 Å². The highest BCUT2D eigenvalue weighted by Gasteiger charge is 2.19. The quantitative estimate of drug-likeness (QED) is 0.786. The van der Waals surface area contributed by atoms with Gasteiger partial charge in [0.2, 0.25) is 0 Å². The maximum absolute atomic E-state index is 12.1. The zero-order chi connectivity index (χ0) is 15.1. The minimum atomic E-state index is -0.0796. The smallest absolute Gasteiger partial charge is 0.322 e. The number of aromatic nitrogens is 2. The second-order valence-electron chi connectivity index (χ2n) is 5.77. The number of hydrogen-bond donors (Lipinski definition) is 1. The fourth-order valence-electron chi connectivity index (χ4n) is 2.79. The van der Waals surface area contributed by atoms with Crippen LogP contribution < -0.4 is 5.32 Å². The Balaban J connectivity index is 1.76. The van der Waals surface area contributed by atoms with Gasteiger partial charge in [0.15, 0.2) is 5.82 Å². The molecule has 6 nitrogen and oxygen atoms in total. The van der Waals surface area contributed by atoms with Crippen molar-refractivity contribution in [2.45, 2.75) is 38.6 Å². The van der Waals surface area contributed by atoms with Gasteiger partial charge in [-0.2, -0.15) is 5.10 Å². The molecule has 2 amide bonds. The molecule has 0 unspecified atom stereocenters. The Bertz CT molecular complexity index is 441. The van der Waals surface area contributed by atoms with Gasteiger partial charge in [-0.05, 0) is 25.2 Å². The van der Waals surface area contributed by atoms with Gasteiger partial charge in [-0.25, -0.2) is 4.79 Å². The van der Waals surface area contributed by atoms with E-state index >= 15 is 0 Å². The van der Waals surface area contributed by atoms with E-state index in [9.17, 15) is 4.79 Å². The van der Waals surface area contributed by atoms with E-state index in [1.807, 2.05) is 24.0 Å². The average Bonchev–Trinajstić information content (AvgIpc) is 3.11. The highest BCUT2D eigenvalue weighted by molar-refractivity contribution is 5.87. The summed E-state index contributed by atoms with van der Waals surface area (Å²) in [7, 11) is 3.54. The zero-order valence-electron chi connectivity index (χ0n) is 13.0. The fourth-order valence-corrected chi connectivity index (χ4v) is 2.79. The predicted octanol–water partition coefficient (Wildman–Crippen LogP) is 2.57. The molecule has 0 saturated heterocycles. The molecule has 1 fully saturated rings. The van der Waals surface area contributed by atoms with Crippen molar-refractivity contribution < 1.29 is 9.53 Å². The molecule has 0 bridgehead atoms. The van der Waals surface area contributed by atoms with Crippen LogP contribution in [-0.4, -0.2) is 48.0 Å². The van der Waals surface area contributed by atoms with Crippen molar-refractivity contribution in [2.75, 3.05) is 32.6 Å². The molecule has 6 heteroatoms. The van der Waals surface area contributed by atoms with Gasteiger partial charge in [0.1, 0.15) is 0 Å². The Morgan fingerprint density at radius 3 is 3.00 bits per heavy atom. The van der Waals surface area contributed by atoms with Crippen LogP contribution in [0.1, 0.15) is 32.1 Å². The second-order valence-corrected chi connectivity index (χ2v) is 5.77. The molecule has 1 heterocycles. The summed E-state index contributed by atoms with van der Waals surface area (Å²) >= 11 is 0. The monoisotopic (exact) mass is 294 g/mol. The summed E-state index contributed by atoms with van der Waals surface area (Å²) in [5.41, 5.74) is 0. The maximum Gasteiger partial charge on any atom is 0.322 e. The van der Waals surface area contributed by atoms with Gasteiger partial charge in [0.05, 0.1) is 0 Å². The lowest BCUT2D eigenvalue weighted by Gasteiger charge is -2.20. The Hall–Kier alpha value is -1.56. The zero-order valence-corrected chi connectivity index (χ0v) is 13.0. The third kappa shape index (κ3) is 5.04. The lowest BCUT2D eigenvalue weighted by Crippen LogP contribution is -2.34. The largest absolute Gasteiger partial charge is 0.385 e. The van der Waals surface area contributed by atoms with Gasteiger partial charge >= 0.3 is 6.03 Å². The molecule has 0 radical (unpaired) electrons. The van der Waals surface area contributed by atoms with Gasteiger partial charge in [0.25, 0.3) is 0 Å². The molecule has 1 aromatic rings. The summed E-state index contributed by atoms with van der Waals surface area (Å²) in [6.07, 6.45) is 7.87. The molecule has 1 aromatic heterocycles. The maximum atomic E-state index is 12.1. The number of amides is 2. The number of nitrogens with one attached hydrogen (secondary N) is 1. The Morgan fingerprint density at radius 2 is 2.29 bits per heavy atom. The molecule has 2 rings (SSSR count). The third-order valence-corrected chi connectivity index (χ3v) is 3.96. The Kier molecular flexibility index (Phi) is 6.04. The number of hydrogen-bond acceptors (Lipinski definition) is 3. The van der Waals surface area contributed by atoms with Crippen molar-refractivity contribution in [3.8, 4) is 0 Å². The third-order valence-electron chi connectivity index (χ3n) is 3.96. The molecule has 0 aromatic carbocycles. The summed E-state index contributed by atoms with van der Waals surface area (Å²) in [5, 5.41) is 7.19. The molecule has 1 aliphatic carbocycles. The number of nitrogens with zero attached hydrogens (tertiary/aromatic N) is 3. The highest BCUT2D eigenvalue weighted by Crippen LogP contribution is 2.25. The van der Waals surface area contributed by atoms with E-state index in [0.717, 1.165) is 19.5 Å². The van der Waals surface area contributed by atoms with Gasteiger partial charge in [-0.15, -0.1) is 0 Å². The first kappa shape index (κ1) is 15.8. The normalized spacial score (nSPS) is 15.3. The van der Waals surface area contributed by atoms with Crippen molar-refractivity contribution in [1.29, 1.82) is 0 Å². The first-order chi connectivity index (χ1) is 10.2. The molecule has 0 aliphatic heterocycles. The number of rotatable bonds is 7. The molecule has 1 N–H and O–H groups in total. The van der Waals surface area contributed by atoms with Crippen molar-refractivity contribution in [2.24, 2.45) is 5.92 Å². The summed E-state index contributed by atoms with van der Waals surface area (Å²) < 4.78 is 6.84. The molecule has 1 aliphatic rings. The number of ether oxygens (including phenoxy) is 1. The van der Waals surface area contributed by atoms with E-state index in [-0.39, 0.29) is 6.03 Å². The second kappa shape index (κ2) is 8.02. The van der Waals surface area contributed by atoms with Crippen LogP contribution in [0.2, 0.25) is 0 Å². The van der Waals surface area contributed by atoms with Crippen molar-refractivity contribution in [1.82, 2.24) is 14.7 Å². The standard InChI is InChI=1S/C15H26N4O2/c1-18(12-13-6-3-4-7-13)15(20)16-14-8-10-19(17-14)9-5-11-21-2/h8,10,13H,3-7,9,11-12H2,1-2H3,(H,16,17,20). The topological polar surface area (TPSA) is 59.4 Å². The Labute approximate surface area is 126 Å². The van der Waals surface area contributed by atoms with E-state index < -0.39 is 0 Å². The fraction of sp³-hybridized carbons (Fsp3) is 0.733. The van der Waals surface area contributed by atoms with E-state index in [0.29, 0.717) is 18.3 Å². The van der Waals surface area contributed by atoms with Gasteiger partial charge < -0.3 is 9.64 Å². The van der Waals surface area contributed by atoms with Crippen molar-refractivity contribution >= 4 is 11.8 Å². The molecule has 1 saturated carbocycles. The minimum Gasteiger partial charge on any atom is -0.385 e. The van der Waals surface area contributed by atoms with Crippen LogP contribution in [0.25, 0.3) is 0 Å². The molecule has 21 heavy (non-hydrogen) atoms. The van der Waals surface area contributed by atoms with Gasteiger partial charge in [-0.3, -0.25) is 10.00 Å². The predicted molar refractivity (Wildman–Crippen MR) is 82.3 cm³/mol. The van der Waals surface area contributed by atoms with E-state index in [4.69, 9.17) is 4.74 Å². The lowest BCUT2D eigenvalue weighted by molar-refractivity contribution is 0.189. The molecular weight excluding hydrogens is 268 g/mol. The summed E-state index contributed by atoms with van der Waals surface area (Å²) in [5.74, 6) is 1.27. The number of carbonyl (C=O) groups excluding carboxylic acids is 1. The first-order valence-electron chi connectivity index (χ1n) is 7.73. The summed E-state index contributed by atoms with van der Waals surface area (Å²) in [4.78, 5) is 13.9. The van der Waals surface area contributed by atoms with E-state index in [2.05, 4.69) is 10.4 Å². The van der Waals surface area contributed by atoms with Crippen LogP contribution in [-0.2, 0) is 11.3 Å². The first-order valence-corrected chi connectivity index (χ1v) is 7.73. The number of methoxy groups -OCH3 is 1. The minimum absolute atomic E-state index is 0.0796. The number of urea groups is 1. The Morgan fingerprint density at radius 1 is 1.52 bits per heavy atom. The highest BCUT2D eigenvalue weighted by atomic mass is 16.5. The average molecular weight is 294 g/mol. The number of anilines is 1. The van der Waals surface area contributed by atoms with Crippen LogP contribution in [0, 0.1) is 5.92 Å². The SMILES string of the molecule is COCCCn1ccc(NC(=O)N(C)CC2CCCC2)n1. The number of carbonyl (C=O) groups is 1. The van der Waals surface area contributed by atoms with Crippen LogP contribution in [0.3, 0.4) is 0 Å². The summed E-state index contributed by atoms with van der Waals surface area (Å²) in [6, 6.07) is 1.75. The van der Waals surface area contributed by atoms with E-state index in [1.54, 1.807) is 12.0 Å². The lowest BCUT2D eigenvalue weighted by atomic mass is 10.1.